The van der Waals surface area contributed by atoms with Crippen LogP contribution in [0.3, 0.4) is 0 Å². The average Bonchev–Trinajstić information content (AvgIpc) is 3.24. The van der Waals surface area contributed by atoms with Crippen molar-refractivity contribution in [3.8, 4) is 0 Å². The molecule has 0 saturated heterocycles. The van der Waals surface area contributed by atoms with Crippen molar-refractivity contribution in [2.24, 2.45) is 5.41 Å². The molecule has 0 heterocycles. The highest BCUT2D eigenvalue weighted by Crippen LogP contribution is 2.66. The van der Waals surface area contributed by atoms with Crippen LogP contribution < -0.4 is 0 Å². The molecular formula is C25H12Br4. The fourth-order valence-corrected chi connectivity index (χ4v) is 7.44. The molecule has 2 aromatic rings. The molecule has 0 atom stereocenters. The normalized spacial score (nSPS) is 19.9. The summed E-state index contributed by atoms with van der Waals surface area (Å²) in [7, 11) is 0. The lowest BCUT2D eigenvalue weighted by Crippen LogP contribution is -2.30. The largest absolute Gasteiger partial charge is 0.0844 e. The molecule has 0 unspecified atom stereocenters. The molecule has 4 heteroatoms. The zero-order chi connectivity index (χ0) is 19.9. The topological polar surface area (TPSA) is 0 Å². The predicted octanol–water partition coefficient (Wildman–Crippen LogP) is 9.04. The summed E-state index contributed by atoms with van der Waals surface area (Å²) in [5, 5.41) is 0. The molecule has 2 aromatic carbocycles. The van der Waals surface area contributed by atoms with E-state index in [1.54, 1.807) is 0 Å². The summed E-state index contributed by atoms with van der Waals surface area (Å²) in [6, 6.07) is 13.1. The Bertz CT molecular complexity index is 1230. The molecule has 0 aliphatic heterocycles. The van der Waals surface area contributed by atoms with Gasteiger partial charge in [0, 0.05) is 17.9 Å². The van der Waals surface area contributed by atoms with E-state index in [1.165, 1.54) is 44.5 Å². The zero-order valence-electron chi connectivity index (χ0n) is 14.9. The van der Waals surface area contributed by atoms with E-state index < -0.39 is 0 Å². The van der Waals surface area contributed by atoms with Crippen LogP contribution in [0.4, 0.5) is 0 Å². The van der Waals surface area contributed by atoms with Crippen LogP contribution in [0.1, 0.15) is 22.3 Å². The molecule has 4 aliphatic rings. The van der Waals surface area contributed by atoms with E-state index in [2.05, 4.69) is 137 Å². The van der Waals surface area contributed by atoms with Crippen LogP contribution in [-0.4, -0.2) is 0 Å². The van der Waals surface area contributed by atoms with Gasteiger partial charge in [0.05, 0.1) is 5.41 Å². The van der Waals surface area contributed by atoms with E-state index in [4.69, 9.17) is 0 Å². The number of fused-ring (bicyclic) bond motifs is 8. The second kappa shape index (κ2) is 6.40. The maximum absolute atomic E-state index is 3.96. The first-order valence-electron chi connectivity index (χ1n) is 9.21. The Morgan fingerprint density at radius 1 is 0.552 bits per heavy atom. The molecule has 0 bridgehead atoms. The van der Waals surface area contributed by atoms with Crippen LogP contribution >= 0.6 is 63.7 Å². The van der Waals surface area contributed by atoms with Gasteiger partial charge in [-0.1, -0.05) is 88.0 Å². The first-order valence-corrected chi connectivity index (χ1v) is 12.4. The van der Waals surface area contributed by atoms with Gasteiger partial charge in [-0.3, -0.25) is 0 Å². The van der Waals surface area contributed by atoms with Gasteiger partial charge in [0.2, 0.25) is 0 Å². The Balaban J connectivity index is 1.64. The van der Waals surface area contributed by atoms with E-state index in [0.29, 0.717) is 0 Å². The third kappa shape index (κ3) is 2.40. The monoisotopic (exact) mass is 628 g/mol. The molecule has 0 radical (unpaired) electrons. The lowest BCUT2D eigenvalue weighted by molar-refractivity contribution is 0.732. The Morgan fingerprint density at radius 2 is 1.00 bits per heavy atom. The number of hydrogen-bond acceptors (Lipinski definition) is 0. The SMILES string of the molecule is BrC1=CC=C2C(=Cc3cc(Br)ccc32)C12C(Br)=CC=C1C2=Cc2cc(Br)ccc21. The van der Waals surface area contributed by atoms with E-state index in [1.807, 2.05) is 0 Å². The highest BCUT2D eigenvalue weighted by Gasteiger charge is 2.51. The van der Waals surface area contributed by atoms with Gasteiger partial charge < -0.3 is 0 Å². The molecule has 0 aromatic heterocycles. The first kappa shape index (κ1) is 18.6. The number of benzene rings is 2. The van der Waals surface area contributed by atoms with Crippen molar-refractivity contribution in [2.75, 3.05) is 0 Å². The van der Waals surface area contributed by atoms with Crippen molar-refractivity contribution in [1.82, 2.24) is 0 Å². The highest BCUT2D eigenvalue weighted by atomic mass is 79.9. The predicted molar refractivity (Wildman–Crippen MR) is 137 cm³/mol. The van der Waals surface area contributed by atoms with Crippen molar-refractivity contribution in [3.05, 3.63) is 112 Å². The molecule has 140 valence electrons. The number of hydrogen-bond donors (Lipinski definition) is 0. The van der Waals surface area contributed by atoms with Crippen molar-refractivity contribution >= 4 is 87.0 Å². The summed E-state index contributed by atoms with van der Waals surface area (Å²) < 4.78 is 4.51. The van der Waals surface area contributed by atoms with Gasteiger partial charge in [-0.05, 0) is 93.1 Å². The smallest absolute Gasteiger partial charge is 0.0539 e. The van der Waals surface area contributed by atoms with Crippen LogP contribution in [0.25, 0.3) is 23.3 Å². The van der Waals surface area contributed by atoms with Crippen LogP contribution in [-0.2, 0) is 0 Å². The molecule has 1 spiro atoms. The minimum Gasteiger partial charge on any atom is -0.0539 e. The van der Waals surface area contributed by atoms with Crippen LogP contribution in [0.2, 0.25) is 0 Å². The molecule has 0 fully saturated rings. The van der Waals surface area contributed by atoms with Crippen LogP contribution in [0.15, 0.2) is 89.8 Å². The summed E-state index contributed by atoms with van der Waals surface area (Å²) in [6.45, 7) is 0. The molecular weight excluding hydrogens is 620 g/mol. The summed E-state index contributed by atoms with van der Waals surface area (Å²) in [5.41, 5.74) is 9.92. The minimum absolute atomic E-state index is 0.370. The van der Waals surface area contributed by atoms with E-state index in [-0.39, 0.29) is 5.41 Å². The summed E-state index contributed by atoms with van der Waals surface area (Å²) in [6.07, 6.45) is 13.6. The summed E-state index contributed by atoms with van der Waals surface area (Å²) >= 11 is 15.2. The second-order valence-corrected chi connectivity index (χ2v) is 11.1. The maximum Gasteiger partial charge on any atom is 0.0844 e. The molecule has 0 nitrogen and oxygen atoms in total. The molecule has 4 aliphatic carbocycles. The Labute approximate surface area is 203 Å². The zero-order valence-corrected chi connectivity index (χ0v) is 21.3. The third-order valence-electron chi connectivity index (χ3n) is 6.10. The van der Waals surface area contributed by atoms with Gasteiger partial charge in [-0.25, -0.2) is 0 Å². The van der Waals surface area contributed by atoms with Gasteiger partial charge >= 0.3 is 0 Å². The molecule has 0 N–H and O–H groups in total. The fourth-order valence-electron chi connectivity index (χ4n) is 4.87. The van der Waals surface area contributed by atoms with Gasteiger partial charge in [0.15, 0.2) is 0 Å². The fraction of sp³-hybridized carbons (Fsp3) is 0.0400. The Kier molecular flexibility index (Phi) is 4.10. The van der Waals surface area contributed by atoms with E-state index in [9.17, 15) is 0 Å². The third-order valence-corrected chi connectivity index (χ3v) is 8.81. The molecule has 6 rings (SSSR count). The van der Waals surface area contributed by atoms with Crippen molar-refractivity contribution in [1.29, 1.82) is 0 Å². The van der Waals surface area contributed by atoms with Gasteiger partial charge in [-0.15, -0.1) is 0 Å². The average molecular weight is 632 g/mol. The van der Waals surface area contributed by atoms with Gasteiger partial charge in [0.1, 0.15) is 0 Å². The van der Waals surface area contributed by atoms with Crippen molar-refractivity contribution < 1.29 is 0 Å². The highest BCUT2D eigenvalue weighted by molar-refractivity contribution is 9.12. The van der Waals surface area contributed by atoms with E-state index in [0.717, 1.165) is 17.9 Å². The lowest BCUT2D eigenvalue weighted by Gasteiger charge is -2.42. The Hall–Kier alpha value is -1.20. The van der Waals surface area contributed by atoms with Gasteiger partial charge in [0.25, 0.3) is 0 Å². The maximum atomic E-state index is 3.96. The quantitative estimate of drug-likeness (QED) is 0.272. The Morgan fingerprint density at radius 3 is 1.45 bits per heavy atom. The summed E-state index contributed by atoms with van der Waals surface area (Å²) in [5.74, 6) is 0. The number of halogens is 4. The number of allylic oxidation sites excluding steroid dienone is 10. The molecule has 29 heavy (non-hydrogen) atoms. The lowest BCUT2D eigenvalue weighted by atomic mass is 9.65. The van der Waals surface area contributed by atoms with E-state index >= 15 is 0 Å². The second-order valence-electron chi connectivity index (χ2n) is 7.52. The van der Waals surface area contributed by atoms with Crippen molar-refractivity contribution in [3.63, 3.8) is 0 Å². The van der Waals surface area contributed by atoms with Crippen molar-refractivity contribution in [2.45, 2.75) is 0 Å². The standard InChI is InChI=1S/C25H12Br4/c26-15-1-3-17-13(9-15)11-21-19(17)5-7-23(28)25(21)22-12-14-10-16(27)2-4-18(14)20(22)6-8-24(25)29/h1-12H. The first-order chi connectivity index (χ1) is 14.0. The van der Waals surface area contributed by atoms with Gasteiger partial charge in [-0.2, -0.15) is 0 Å². The molecule has 0 amide bonds. The summed E-state index contributed by atoms with van der Waals surface area (Å²) in [4.78, 5) is 0. The van der Waals surface area contributed by atoms with Crippen LogP contribution in [0, 0.1) is 5.41 Å². The van der Waals surface area contributed by atoms with Crippen LogP contribution in [0.5, 0.6) is 0 Å². The minimum atomic E-state index is -0.370. The number of rotatable bonds is 0. The molecule has 0 saturated carbocycles.